The second kappa shape index (κ2) is 5.31. The minimum Gasteiger partial charge on any atom is -0.309 e. The van der Waals surface area contributed by atoms with Gasteiger partial charge in [0.05, 0.1) is 16.0 Å². The fourth-order valence-electron chi connectivity index (χ4n) is 3.00. The minimum absolute atomic E-state index is 0.0145. The Hall–Kier alpha value is -3.47. The maximum Gasteiger partial charge on any atom is 0.269 e. The predicted molar refractivity (Wildman–Crippen MR) is 93.7 cm³/mol. The average Bonchev–Trinajstić information content (AvgIpc) is 2.62. The first-order valence-electron chi connectivity index (χ1n) is 7.44. The van der Waals surface area contributed by atoms with E-state index in [4.69, 9.17) is 0 Å². The molecule has 0 saturated heterocycles. The van der Waals surface area contributed by atoms with Crippen molar-refractivity contribution in [3.05, 3.63) is 93.1 Å². The Morgan fingerprint density at radius 3 is 1.75 bits per heavy atom. The predicted octanol–water partition coefficient (Wildman–Crippen LogP) is 4.05. The third-order valence-electron chi connectivity index (χ3n) is 4.10. The summed E-state index contributed by atoms with van der Waals surface area (Å²) >= 11 is 0. The number of fused-ring (bicyclic) bond motifs is 2. The number of nitro benzene ring substituents is 1. The number of benzene rings is 3. The second-order valence-electron chi connectivity index (χ2n) is 5.47. The van der Waals surface area contributed by atoms with E-state index in [1.807, 2.05) is 41.0 Å². The van der Waals surface area contributed by atoms with Crippen molar-refractivity contribution < 1.29 is 4.92 Å². The molecule has 0 unspecified atom stereocenters. The second-order valence-corrected chi connectivity index (χ2v) is 5.47. The smallest absolute Gasteiger partial charge is 0.269 e. The summed E-state index contributed by atoms with van der Waals surface area (Å²) in [5.74, 6) is 0. The molecule has 24 heavy (non-hydrogen) atoms. The van der Waals surface area contributed by atoms with Gasteiger partial charge in [-0.25, -0.2) is 0 Å². The Balaban J connectivity index is 2.14. The Labute approximate surface area is 136 Å². The first-order chi connectivity index (χ1) is 11.7. The maximum absolute atomic E-state index is 12.7. The van der Waals surface area contributed by atoms with Gasteiger partial charge in [-0.1, -0.05) is 24.3 Å². The van der Waals surface area contributed by atoms with Crippen LogP contribution >= 0.6 is 0 Å². The van der Waals surface area contributed by atoms with Crippen LogP contribution in [0.3, 0.4) is 0 Å². The van der Waals surface area contributed by atoms with Crippen LogP contribution in [-0.4, -0.2) is 9.49 Å². The Kier molecular flexibility index (Phi) is 3.13. The molecule has 0 atom stereocenters. The van der Waals surface area contributed by atoms with E-state index in [1.54, 1.807) is 24.3 Å². The zero-order valence-corrected chi connectivity index (χ0v) is 12.5. The molecule has 3 aromatic carbocycles. The summed E-state index contributed by atoms with van der Waals surface area (Å²) in [6.07, 6.45) is 0. The van der Waals surface area contributed by atoms with Crippen LogP contribution in [0.2, 0.25) is 0 Å². The van der Waals surface area contributed by atoms with Gasteiger partial charge >= 0.3 is 0 Å². The quantitative estimate of drug-likeness (QED) is 0.318. The number of nitro groups is 1. The SMILES string of the molecule is O=c1c2ccccc2n(-c2ccc([N+](=O)[O-])cc2)c2ccccc12. The standard InChI is InChI=1S/C19H12N2O3/c22-19-15-5-1-3-7-17(15)20(18-8-4-2-6-16(18)19)13-9-11-14(12-10-13)21(23)24/h1-12H. The molecule has 0 radical (unpaired) electrons. The molecule has 0 spiro atoms. The first-order valence-corrected chi connectivity index (χ1v) is 7.44. The summed E-state index contributed by atoms with van der Waals surface area (Å²) < 4.78 is 1.95. The Bertz CT molecular complexity index is 1080. The lowest BCUT2D eigenvalue weighted by Crippen LogP contribution is -2.10. The van der Waals surface area contributed by atoms with Gasteiger partial charge < -0.3 is 4.57 Å². The number of nitrogens with zero attached hydrogens (tertiary/aromatic N) is 2. The van der Waals surface area contributed by atoms with Crippen molar-refractivity contribution in [1.29, 1.82) is 0 Å². The summed E-state index contributed by atoms with van der Waals surface area (Å²) in [5, 5.41) is 12.1. The Morgan fingerprint density at radius 2 is 1.25 bits per heavy atom. The highest BCUT2D eigenvalue weighted by Gasteiger charge is 2.12. The van der Waals surface area contributed by atoms with Gasteiger partial charge in [0.2, 0.25) is 0 Å². The molecular weight excluding hydrogens is 304 g/mol. The van der Waals surface area contributed by atoms with Crippen molar-refractivity contribution in [3.63, 3.8) is 0 Å². The topological polar surface area (TPSA) is 65.1 Å². The number of hydrogen-bond donors (Lipinski definition) is 0. The van der Waals surface area contributed by atoms with E-state index in [0.717, 1.165) is 16.7 Å². The van der Waals surface area contributed by atoms with E-state index in [-0.39, 0.29) is 11.1 Å². The monoisotopic (exact) mass is 316 g/mol. The molecule has 5 heteroatoms. The van der Waals surface area contributed by atoms with Gasteiger partial charge in [-0.3, -0.25) is 14.9 Å². The van der Waals surface area contributed by atoms with E-state index in [9.17, 15) is 14.9 Å². The van der Waals surface area contributed by atoms with Crippen LogP contribution in [-0.2, 0) is 0 Å². The van der Waals surface area contributed by atoms with Crippen LogP contribution in [0.25, 0.3) is 27.5 Å². The number of non-ortho nitro benzene ring substituents is 1. The number of hydrogen-bond acceptors (Lipinski definition) is 3. The fourth-order valence-corrected chi connectivity index (χ4v) is 3.00. The van der Waals surface area contributed by atoms with Crippen LogP contribution in [0, 0.1) is 10.1 Å². The summed E-state index contributed by atoms with van der Waals surface area (Å²) in [5.41, 5.74) is 2.34. The lowest BCUT2D eigenvalue weighted by Gasteiger charge is -2.15. The van der Waals surface area contributed by atoms with E-state index in [0.29, 0.717) is 10.8 Å². The van der Waals surface area contributed by atoms with Gasteiger partial charge in [0, 0.05) is 28.6 Å². The normalized spacial score (nSPS) is 11.0. The molecule has 4 rings (SSSR count). The molecule has 0 bridgehead atoms. The third-order valence-corrected chi connectivity index (χ3v) is 4.10. The van der Waals surface area contributed by atoms with Crippen molar-refractivity contribution in [1.82, 2.24) is 4.57 Å². The Morgan fingerprint density at radius 1 is 0.750 bits per heavy atom. The highest BCUT2D eigenvalue weighted by Crippen LogP contribution is 2.25. The molecule has 0 aliphatic rings. The van der Waals surface area contributed by atoms with Crippen LogP contribution in [0.1, 0.15) is 0 Å². The van der Waals surface area contributed by atoms with Crippen molar-refractivity contribution in [3.8, 4) is 5.69 Å². The minimum atomic E-state index is -0.425. The molecule has 0 aliphatic heterocycles. The number of para-hydroxylation sites is 2. The third kappa shape index (κ3) is 2.06. The summed E-state index contributed by atoms with van der Waals surface area (Å²) in [6, 6.07) is 21.1. The number of rotatable bonds is 2. The average molecular weight is 316 g/mol. The van der Waals surface area contributed by atoms with Gasteiger partial charge in [0.25, 0.3) is 5.69 Å². The summed E-state index contributed by atoms with van der Waals surface area (Å²) in [6.45, 7) is 0. The molecule has 1 heterocycles. The van der Waals surface area contributed by atoms with Crippen molar-refractivity contribution in [2.75, 3.05) is 0 Å². The van der Waals surface area contributed by atoms with Crippen molar-refractivity contribution in [2.24, 2.45) is 0 Å². The molecule has 116 valence electrons. The molecule has 0 N–H and O–H groups in total. The van der Waals surface area contributed by atoms with Crippen LogP contribution in [0.4, 0.5) is 5.69 Å². The van der Waals surface area contributed by atoms with E-state index in [1.165, 1.54) is 12.1 Å². The molecule has 0 amide bonds. The van der Waals surface area contributed by atoms with Crippen molar-refractivity contribution in [2.45, 2.75) is 0 Å². The number of pyridine rings is 1. The molecule has 0 fully saturated rings. The lowest BCUT2D eigenvalue weighted by atomic mass is 10.1. The van der Waals surface area contributed by atoms with Crippen molar-refractivity contribution >= 4 is 27.5 Å². The van der Waals surface area contributed by atoms with Gasteiger partial charge in [-0.05, 0) is 36.4 Å². The van der Waals surface area contributed by atoms with Gasteiger partial charge in [-0.2, -0.15) is 0 Å². The molecule has 1 aromatic heterocycles. The number of aromatic nitrogens is 1. The largest absolute Gasteiger partial charge is 0.309 e. The molecule has 0 saturated carbocycles. The molecule has 0 aliphatic carbocycles. The fraction of sp³-hybridized carbons (Fsp3) is 0. The van der Waals surface area contributed by atoms with Gasteiger partial charge in [0.1, 0.15) is 0 Å². The zero-order chi connectivity index (χ0) is 16.7. The highest BCUT2D eigenvalue weighted by atomic mass is 16.6. The van der Waals surface area contributed by atoms with Gasteiger partial charge in [0.15, 0.2) is 5.43 Å². The summed E-state index contributed by atoms with van der Waals surface area (Å²) in [4.78, 5) is 23.2. The van der Waals surface area contributed by atoms with Crippen LogP contribution < -0.4 is 5.43 Å². The van der Waals surface area contributed by atoms with Gasteiger partial charge in [-0.15, -0.1) is 0 Å². The summed E-state index contributed by atoms with van der Waals surface area (Å²) in [7, 11) is 0. The molecule has 5 nitrogen and oxygen atoms in total. The highest BCUT2D eigenvalue weighted by molar-refractivity contribution is 5.95. The zero-order valence-electron chi connectivity index (χ0n) is 12.5. The molecular formula is C19H12N2O3. The lowest BCUT2D eigenvalue weighted by molar-refractivity contribution is -0.384. The first kappa shape index (κ1) is 14.1. The van der Waals surface area contributed by atoms with E-state index < -0.39 is 4.92 Å². The van der Waals surface area contributed by atoms with Crippen LogP contribution in [0.5, 0.6) is 0 Å². The van der Waals surface area contributed by atoms with E-state index in [2.05, 4.69) is 0 Å². The van der Waals surface area contributed by atoms with E-state index >= 15 is 0 Å². The molecule has 4 aromatic rings. The maximum atomic E-state index is 12.7. The van der Waals surface area contributed by atoms with Crippen LogP contribution in [0.15, 0.2) is 77.6 Å².